The number of aryl methyl sites for hydroxylation is 1. The quantitative estimate of drug-likeness (QED) is 0.130. The summed E-state index contributed by atoms with van der Waals surface area (Å²) in [5.41, 5.74) is 3.08. The molecule has 0 heterocycles. The average Bonchev–Trinajstić information content (AvgIpc) is 2.82. The number of hydrogen-bond acceptors (Lipinski definition) is 5. The summed E-state index contributed by atoms with van der Waals surface area (Å²) in [7, 11) is 1.10. The van der Waals surface area contributed by atoms with Crippen LogP contribution in [-0.4, -0.2) is 40.9 Å². The minimum absolute atomic E-state index is 0.0534. The number of allylic oxidation sites excluding steroid dienone is 1. The SMILES string of the molecule is CC/C(=C\CO[Si](C)(C)C(C)(C)C)[C@@H](CCC#CC(=O)OC)[C@H]1CCc2cc(OC)ccc2C1=O. The van der Waals surface area contributed by atoms with Crippen LogP contribution in [-0.2, 0) is 20.4 Å². The van der Waals surface area contributed by atoms with Crippen molar-refractivity contribution in [2.45, 2.75) is 77.9 Å². The molecule has 2 atom stereocenters. The maximum absolute atomic E-state index is 13.6. The Morgan fingerprint density at radius 3 is 2.57 bits per heavy atom. The molecule has 1 aromatic rings. The van der Waals surface area contributed by atoms with E-state index in [4.69, 9.17) is 9.16 Å². The first-order valence-electron chi connectivity index (χ1n) is 12.6. The van der Waals surface area contributed by atoms with Gasteiger partial charge in [0.25, 0.3) is 0 Å². The molecule has 0 saturated heterocycles. The number of carbonyl (C=O) groups excluding carboxylic acids is 2. The molecule has 2 rings (SSSR count). The lowest BCUT2D eigenvalue weighted by atomic mass is 9.71. The summed E-state index contributed by atoms with van der Waals surface area (Å²) in [6.45, 7) is 13.9. The molecule has 6 heteroatoms. The van der Waals surface area contributed by atoms with Crippen LogP contribution in [0.3, 0.4) is 0 Å². The van der Waals surface area contributed by atoms with Gasteiger partial charge in [0.15, 0.2) is 14.1 Å². The van der Waals surface area contributed by atoms with Gasteiger partial charge in [-0.1, -0.05) is 45.3 Å². The van der Waals surface area contributed by atoms with Crippen molar-refractivity contribution < 1.29 is 23.5 Å². The molecule has 1 aliphatic rings. The van der Waals surface area contributed by atoms with Crippen LogP contribution < -0.4 is 4.74 Å². The van der Waals surface area contributed by atoms with Crippen LogP contribution in [0.4, 0.5) is 0 Å². The minimum atomic E-state index is -1.87. The lowest BCUT2D eigenvalue weighted by Crippen LogP contribution is -2.40. The van der Waals surface area contributed by atoms with E-state index in [1.54, 1.807) is 7.11 Å². The van der Waals surface area contributed by atoms with E-state index < -0.39 is 14.3 Å². The molecule has 5 nitrogen and oxygen atoms in total. The summed E-state index contributed by atoms with van der Waals surface area (Å²) >= 11 is 0. The second kappa shape index (κ2) is 12.6. The third-order valence-corrected chi connectivity index (χ3v) is 12.1. The van der Waals surface area contributed by atoms with Crippen LogP contribution >= 0.6 is 0 Å². The van der Waals surface area contributed by atoms with E-state index in [1.807, 2.05) is 18.2 Å². The topological polar surface area (TPSA) is 61.8 Å². The number of ketones is 1. The largest absolute Gasteiger partial charge is 0.497 e. The molecule has 1 aliphatic carbocycles. The number of ether oxygens (including phenoxy) is 2. The number of carbonyl (C=O) groups is 2. The number of rotatable bonds is 9. The molecule has 0 N–H and O–H groups in total. The van der Waals surface area contributed by atoms with Gasteiger partial charge in [-0.2, -0.15) is 0 Å². The van der Waals surface area contributed by atoms with Crippen molar-refractivity contribution in [2.75, 3.05) is 20.8 Å². The van der Waals surface area contributed by atoms with Gasteiger partial charge in [-0.15, -0.1) is 0 Å². The number of fused-ring (bicyclic) bond motifs is 1. The van der Waals surface area contributed by atoms with Crippen LogP contribution in [0, 0.1) is 23.7 Å². The number of esters is 1. The Bertz CT molecular complexity index is 991. The highest BCUT2D eigenvalue weighted by atomic mass is 28.4. The fourth-order valence-electron chi connectivity index (χ4n) is 4.36. The van der Waals surface area contributed by atoms with Gasteiger partial charge in [0.1, 0.15) is 5.75 Å². The first kappa shape index (κ1) is 28.9. The van der Waals surface area contributed by atoms with Crippen LogP contribution in [0.25, 0.3) is 0 Å². The van der Waals surface area contributed by atoms with Gasteiger partial charge in [-0.25, -0.2) is 4.79 Å². The Kier molecular flexibility index (Phi) is 10.4. The van der Waals surface area contributed by atoms with Crippen LogP contribution in [0.1, 0.15) is 69.3 Å². The van der Waals surface area contributed by atoms with Crippen molar-refractivity contribution in [1.82, 2.24) is 0 Å². The van der Waals surface area contributed by atoms with E-state index in [2.05, 4.69) is 63.4 Å². The maximum atomic E-state index is 13.6. The Balaban J connectivity index is 2.31. The molecule has 0 amide bonds. The van der Waals surface area contributed by atoms with Crippen molar-refractivity contribution in [3.8, 4) is 17.6 Å². The first-order valence-corrected chi connectivity index (χ1v) is 15.5. The zero-order chi connectivity index (χ0) is 26.2. The molecular formula is C29H42O5Si. The van der Waals surface area contributed by atoms with Gasteiger partial charge in [-0.05, 0) is 73.5 Å². The Morgan fingerprint density at radius 2 is 1.97 bits per heavy atom. The summed E-state index contributed by atoms with van der Waals surface area (Å²) in [6, 6.07) is 5.73. The van der Waals surface area contributed by atoms with E-state index in [0.717, 1.165) is 36.1 Å². The molecule has 0 aliphatic heterocycles. The van der Waals surface area contributed by atoms with Gasteiger partial charge in [0.2, 0.25) is 0 Å². The smallest absolute Gasteiger partial charge is 0.384 e. The molecule has 0 radical (unpaired) electrons. The van der Waals surface area contributed by atoms with E-state index in [-0.39, 0.29) is 22.7 Å². The molecule has 0 aromatic heterocycles. The van der Waals surface area contributed by atoms with Gasteiger partial charge >= 0.3 is 5.97 Å². The lowest BCUT2D eigenvalue weighted by Gasteiger charge is -2.36. The Morgan fingerprint density at radius 1 is 1.26 bits per heavy atom. The minimum Gasteiger partial charge on any atom is -0.497 e. The molecule has 0 bridgehead atoms. The second-order valence-electron chi connectivity index (χ2n) is 10.7. The number of Topliss-reactive ketones (excluding diaryl/α,β-unsaturated/α-hetero) is 1. The molecule has 192 valence electrons. The second-order valence-corrected chi connectivity index (χ2v) is 15.5. The monoisotopic (exact) mass is 498 g/mol. The van der Waals surface area contributed by atoms with E-state index in [0.29, 0.717) is 19.4 Å². The predicted octanol–water partition coefficient (Wildman–Crippen LogP) is 6.37. The highest BCUT2D eigenvalue weighted by molar-refractivity contribution is 6.74. The van der Waals surface area contributed by atoms with Gasteiger partial charge < -0.3 is 13.9 Å². The molecule has 0 fully saturated rings. The summed E-state index contributed by atoms with van der Waals surface area (Å²) < 4.78 is 16.4. The zero-order valence-electron chi connectivity index (χ0n) is 22.7. The van der Waals surface area contributed by atoms with Gasteiger partial charge in [-0.3, -0.25) is 4.79 Å². The number of methoxy groups -OCH3 is 2. The third kappa shape index (κ3) is 7.56. The normalized spacial score (nSPS) is 17.2. The van der Waals surface area contributed by atoms with Crippen LogP contribution in [0.2, 0.25) is 18.1 Å². The Hall–Kier alpha value is -2.36. The number of hydrogen-bond donors (Lipinski definition) is 0. The maximum Gasteiger partial charge on any atom is 0.384 e. The van der Waals surface area contributed by atoms with Crippen molar-refractivity contribution in [3.63, 3.8) is 0 Å². The highest BCUT2D eigenvalue weighted by Crippen LogP contribution is 2.39. The molecule has 35 heavy (non-hydrogen) atoms. The average molecular weight is 499 g/mol. The standard InChI is InChI=1S/C29H42O5Si/c1-9-21(18-19-34-35(7,8)29(2,3)4)24(12-10-11-13-27(30)33-6)26-16-14-22-20-23(32-5)15-17-25(22)28(26)31/h15,17-18,20,24,26H,9-10,12,14,16,19H2,1-8H3/b21-18+/t24-,26-/m1/s1. The molecule has 0 saturated carbocycles. The fourth-order valence-corrected chi connectivity index (χ4v) is 5.29. The van der Waals surface area contributed by atoms with E-state index in [9.17, 15) is 9.59 Å². The van der Waals surface area contributed by atoms with Crippen LogP contribution in [0.5, 0.6) is 5.75 Å². The number of benzene rings is 1. The molecule has 0 unspecified atom stereocenters. The highest BCUT2D eigenvalue weighted by Gasteiger charge is 2.37. The lowest BCUT2D eigenvalue weighted by molar-refractivity contribution is -0.133. The van der Waals surface area contributed by atoms with Crippen LogP contribution in [0.15, 0.2) is 29.8 Å². The molecule has 0 spiro atoms. The summed E-state index contributed by atoms with van der Waals surface area (Å²) in [5.74, 6) is 5.81. The van der Waals surface area contributed by atoms with Crippen molar-refractivity contribution in [3.05, 3.63) is 41.0 Å². The van der Waals surface area contributed by atoms with Crippen molar-refractivity contribution in [1.29, 1.82) is 0 Å². The summed E-state index contributed by atoms with van der Waals surface area (Å²) in [5, 5.41) is 0.139. The third-order valence-electron chi connectivity index (χ3n) is 7.56. The molecule has 1 aromatic carbocycles. The van der Waals surface area contributed by atoms with E-state index in [1.165, 1.54) is 12.7 Å². The fraction of sp³-hybridized carbons (Fsp3) is 0.586. The van der Waals surface area contributed by atoms with E-state index >= 15 is 0 Å². The summed E-state index contributed by atoms with van der Waals surface area (Å²) in [4.78, 5) is 25.0. The van der Waals surface area contributed by atoms with Crippen molar-refractivity contribution in [2.24, 2.45) is 11.8 Å². The summed E-state index contributed by atoms with van der Waals surface area (Å²) in [6.07, 6.45) is 5.90. The van der Waals surface area contributed by atoms with Gasteiger partial charge in [0, 0.05) is 23.8 Å². The predicted molar refractivity (Wildman–Crippen MR) is 143 cm³/mol. The van der Waals surface area contributed by atoms with Crippen molar-refractivity contribution >= 4 is 20.1 Å². The van der Waals surface area contributed by atoms with Gasteiger partial charge in [0.05, 0.1) is 20.8 Å². The first-order chi connectivity index (χ1) is 16.4. The molecular weight excluding hydrogens is 456 g/mol. The zero-order valence-corrected chi connectivity index (χ0v) is 23.7. The Labute approximate surface area is 212 Å².